The zero-order valence-corrected chi connectivity index (χ0v) is 22.4. The minimum Gasteiger partial charge on any atom is -0.383 e. The predicted molar refractivity (Wildman–Crippen MR) is 158 cm³/mol. The van der Waals surface area contributed by atoms with Crippen molar-refractivity contribution in [2.75, 3.05) is 0 Å². The Hall–Kier alpha value is -4.25. The lowest BCUT2D eigenvalue weighted by molar-refractivity contribution is 1.00. The van der Waals surface area contributed by atoms with Gasteiger partial charge >= 0.3 is 0 Å². The lowest BCUT2D eigenvalue weighted by Gasteiger charge is -2.22. The number of thioether (sulfide) groups is 1. The molecule has 188 valence electrons. The Bertz CT molecular complexity index is 1600. The van der Waals surface area contributed by atoms with Crippen LogP contribution in [0.4, 0.5) is 0 Å². The molecule has 0 saturated carbocycles. The summed E-state index contributed by atoms with van der Waals surface area (Å²) in [5, 5.41) is 15.3. The first-order valence-electron chi connectivity index (χ1n) is 12.0. The number of aliphatic imine (C=N–C) groups is 1. The maximum Gasteiger partial charge on any atom is 0.184 e. The van der Waals surface area contributed by atoms with Crippen molar-refractivity contribution in [3.05, 3.63) is 118 Å². The van der Waals surface area contributed by atoms with Crippen molar-refractivity contribution >= 4 is 34.2 Å². The number of hydrogen-bond acceptors (Lipinski definition) is 6. The van der Waals surface area contributed by atoms with Crippen molar-refractivity contribution in [3.63, 3.8) is 0 Å². The summed E-state index contributed by atoms with van der Waals surface area (Å²) in [6, 6.07) is 30.1. The molecular formula is C30H25ClN6S. The highest BCUT2D eigenvalue weighted by Crippen LogP contribution is 2.41. The van der Waals surface area contributed by atoms with E-state index in [4.69, 9.17) is 22.4 Å². The Morgan fingerprint density at radius 1 is 1.03 bits per heavy atom. The Kier molecular flexibility index (Phi) is 7.36. The smallest absolute Gasteiger partial charge is 0.184 e. The van der Waals surface area contributed by atoms with Crippen molar-refractivity contribution in [1.29, 1.82) is 5.26 Å². The molecule has 4 aromatic rings. The third kappa shape index (κ3) is 5.10. The van der Waals surface area contributed by atoms with Gasteiger partial charge in [-0.05, 0) is 42.7 Å². The first-order chi connectivity index (χ1) is 18.5. The second kappa shape index (κ2) is 11.0. The van der Waals surface area contributed by atoms with Gasteiger partial charge in [-0.3, -0.25) is 5.43 Å². The summed E-state index contributed by atoms with van der Waals surface area (Å²) >= 11 is 7.46. The molecule has 5 rings (SSSR count). The molecule has 1 atom stereocenters. The topological polar surface area (TPSA) is 102 Å². The van der Waals surface area contributed by atoms with Crippen LogP contribution in [0.1, 0.15) is 29.0 Å². The fraction of sp³-hybridized carbons (Fsp3) is 0.100. The number of H-pyrrole nitrogens is 1. The van der Waals surface area contributed by atoms with E-state index >= 15 is 0 Å². The van der Waals surface area contributed by atoms with Gasteiger partial charge in [0.2, 0.25) is 0 Å². The molecule has 0 bridgehead atoms. The minimum absolute atomic E-state index is 0.177. The van der Waals surface area contributed by atoms with E-state index in [1.54, 1.807) is 12.1 Å². The maximum atomic E-state index is 9.72. The number of hydrazone groups is 1. The monoisotopic (exact) mass is 536 g/mol. The summed E-state index contributed by atoms with van der Waals surface area (Å²) in [7, 11) is 0. The zero-order chi connectivity index (χ0) is 26.6. The number of nitrogens with one attached hydrogen (secondary N) is 2. The first-order valence-corrected chi connectivity index (χ1v) is 13.3. The van der Waals surface area contributed by atoms with Gasteiger partial charge in [0.05, 0.1) is 22.2 Å². The second-order valence-electron chi connectivity index (χ2n) is 8.79. The largest absolute Gasteiger partial charge is 0.383 e. The summed E-state index contributed by atoms with van der Waals surface area (Å²) in [6.45, 7) is 4.02. The summed E-state index contributed by atoms with van der Waals surface area (Å²) in [4.78, 5) is 7.99. The van der Waals surface area contributed by atoms with Crippen LogP contribution in [0.5, 0.6) is 0 Å². The fourth-order valence-corrected chi connectivity index (χ4v) is 5.70. The highest BCUT2D eigenvalue weighted by Gasteiger charge is 2.27. The quantitative estimate of drug-likeness (QED) is 0.186. The molecule has 1 unspecified atom stereocenters. The van der Waals surface area contributed by atoms with E-state index in [1.807, 2.05) is 55.5 Å². The first kappa shape index (κ1) is 25.4. The number of nitriles is 1. The average molecular weight is 537 g/mol. The number of aromatic nitrogens is 1. The Labute approximate surface area is 231 Å². The molecule has 4 N–H and O–H groups in total. The van der Waals surface area contributed by atoms with Crippen molar-refractivity contribution in [3.8, 4) is 28.5 Å². The third-order valence-corrected chi connectivity index (χ3v) is 7.68. The van der Waals surface area contributed by atoms with Crippen molar-refractivity contribution in [2.24, 2.45) is 15.8 Å². The number of rotatable bonds is 5. The van der Waals surface area contributed by atoms with Crippen molar-refractivity contribution < 1.29 is 0 Å². The van der Waals surface area contributed by atoms with Gasteiger partial charge in [0.1, 0.15) is 11.9 Å². The van der Waals surface area contributed by atoms with E-state index in [0.717, 1.165) is 44.9 Å². The van der Waals surface area contributed by atoms with Crippen LogP contribution in [0.15, 0.2) is 106 Å². The standard InChI is InChI=1S/C30H25ClN6S/c1-18-25(26(20-9-5-3-6-10-20)27(34-18)21-11-7-4-8-12-21)19(2)36-37-30-35-29(33)24(17-32)28(38-30)22-13-15-23(31)16-14-22/h3-16,28,34H,33H2,1-2H3,(H,35,37)/b36-19+. The van der Waals surface area contributed by atoms with Crippen LogP contribution >= 0.6 is 23.4 Å². The highest BCUT2D eigenvalue weighted by atomic mass is 35.5. The summed E-state index contributed by atoms with van der Waals surface area (Å²) in [6.07, 6.45) is 0. The summed E-state index contributed by atoms with van der Waals surface area (Å²) in [5.41, 5.74) is 17.7. The summed E-state index contributed by atoms with van der Waals surface area (Å²) < 4.78 is 0. The van der Waals surface area contributed by atoms with Gasteiger partial charge in [0.25, 0.3) is 0 Å². The van der Waals surface area contributed by atoms with E-state index in [0.29, 0.717) is 15.8 Å². The summed E-state index contributed by atoms with van der Waals surface area (Å²) in [5.74, 6) is 0.177. The number of halogens is 1. The van der Waals surface area contributed by atoms with Crippen LogP contribution in [0.2, 0.25) is 5.02 Å². The molecule has 8 heteroatoms. The molecule has 0 spiro atoms. The van der Waals surface area contributed by atoms with Gasteiger partial charge in [-0.25, -0.2) is 4.99 Å². The van der Waals surface area contributed by atoms with E-state index in [2.05, 4.69) is 52.7 Å². The van der Waals surface area contributed by atoms with Crippen LogP contribution in [0.25, 0.3) is 22.4 Å². The van der Waals surface area contributed by atoms with Crippen LogP contribution in [-0.2, 0) is 0 Å². The zero-order valence-electron chi connectivity index (χ0n) is 20.9. The van der Waals surface area contributed by atoms with Crippen LogP contribution in [0, 0.1) is 18.3 Å². The van der Waals surface area contributed by atoms with Crippen molar-refractivity contribution in [2.45, 2.75) is 19.1 Å². The molecule has 3 aromatic carbocycles. The molecule has 2 heterocycles. The van der Waals surface area contributed by atoms with Gasteiger partial charge in [-0.1, -0.05) is 96.2 Å². The van der Waals surface area contributed by atoms with Gasteiger partial charge in [-0.15, -0.1) is 0 Å². The molecule has 1 aliphatic rings. The van der Waals surface area contributed by atoms with Gasteiger partial charge in [0, 0.05) is 21.8 Å². The number of aryl methyl sites for hydroxylation is 1. The number of hydrogen-bond donors (Lipinski definition) is 3. The lowest BCUT2D eigenvalue weighted by atomic mass is 9.95. The number of amidine groups is 1. The number of nitrogens with two attached hydrogens (primary N) is 1. The Morgan fingerprint density at radius 2 is 1.66 bits per heavy atom. The van der Waals surface area contributed by atoms with Crippen LogP contribution in [-0.4, -0.2) is 15.9 Å². The lowest BCUT2D eigenvalue weighted by Crippen LogP contribution is -2.23. The maximum absolute atomic E-state index is 9.72. The second-order valence-corrected chi connectivity index (χ2v) is 10.3. The molecule has 0 saturated heterocycles. The normalized spacial score (nSPS) is 15.7. The Morgan fingerprint density at radius 3 is 2.29 bits per heavy atom. The number of benzene rings is 3. The van der Waals surface area contributed by atoms with Crippen LogP contribution < -0.4 is 11.2 Å². The molecule has 0 radical (unpaired) electrons. The van der Waals surface area contributed by atoms with E-state index in [1.165, 1.54) is 11.8 Å². The molecule has 0 amide bonds. The molecule has 38 heavy (non-hydrogen) atoms. The molecule has 0 fully saturated rings. The number of aromatic amines is 1. The number of nitrogens with zero attached hydrogens (tertiary/aromatic N) is 3. The average Bonchev–Trinajstić information content (AvgIpc) is 3.30. The molecule has 1 aromatic heterocycles. The van der Waals surface area contributed by atoms with E-state index in [-0.39, 0.29) is 11.1 Å². The fourth-order valence-electron chi connectivity index (χ4n) is 4.52. The van der Waals surface area contributed by atoms with Crippen LogP contribution in [0.3, 0.4) is 0 Å². The molecular weight excluding hydrogens is 512 g/mol. The SMILES string of the molecule is C/C(=N\NC1=NC(N)=C(C#N)C(c2ccc(Cl)cc2)S1)c1c(C)[nH]c(-c2ccccc2)c1-c1ccccc1. The minimum atomic E-state index is -0.314. The van der Waals surface area contributed by atoms with E-state index < -0.39 is 0 Å². The molecule has 6 nitrogen and oxygen atoms in total. The van der Waals surface area contributed by atoms with Gasteiger partial charge < -0.3 is 10.7 Å². The Balaban J connectivity index is 1.51. The molecule has 0 aliphatic carbocycles. The van der Waals surface area contributed by atoms with Gasteiger partial charge in [-0.2, -0.15) is 10.4 Å². The predicted octanol–water partition coefficient (Wildman–Crippen LogP) is 7.16. The van der Waals surface area contributed by atoms with Crippen molar-refractivity contribution in [1.82, 2.24) is 10.4 Å². The third-order valence-electron chi connectivity index (χ3n) is 6.28. The van der Waals surface area contributed by atoms with Gasteiger partial charge in [0.15, 0.2) is 5.17 Å². The van der Waals surface area contributed by atoms with E-state index in [9.17, 15) is 5.26 Å². The highest BCUT2D eigenvalue weighted by molar-refractivity contribution is 8.14. The molecule has 1 aliphatic heterocycles.